The number of aromatic hydroxyl groups is 1. The standard InChI is InChI=1S/C25H26F3NO4/c1-14-10-15(2)12-29(11-14)13-18-19(30)9-8-17-22(31)21(16-6-4-5-7-20(16)32-3)24(25(26,27)28)33-23(17)18/h4-9,14-15,30H,10-13H2,1-3H3. The Morgan fingerprint density at radius 1 is 1.12 bits per heavy atom. The molecule has 33 heavy (non-hydrogen) atoms. The Hall–Kier alpha value is -3.00. The Morgan fingerprint density at radius 3 is 2.42 bits per heavy atom. The van der Waals surface area contributed by atoms with Crippen LogP contribution >= 0.6 is 0 Å². The van der Waals surface area contributed by atoms with Crippen LogP contribution in [0.4, 0.5) is 13.2 Å². The molecule has 2 heterocycles. The smallest absolute Gasteiger partial charge is 0.450 e. The van der Waals surface area contributed by atoms with Gasteiger partial charge in [-0.25, -0.2) is 0 Å². The molecule has 3 aromatic rings. The number of hydrogen-bond acceptors (Lipinski definition) is 5. The maximum Gasteiger partial charge on any atom is 0.450 e. The highest BCUT2D eigenvalue weighted by Crippen LogP contribution is 2.41. The number of piperidine rings is 1. The molecule has 1 saturated heterocycles. The molecule has 2 aromatic carbocycles. The number of likely N-dealkylation sites (tertiary alicyclic amines) is 1. The van der Waals surface area contributed by atoms with Crippen molar-refractivity contribution >= 4 is 11.0 Å². The fourth-order valence-corrected chi connectivity index (χ4v) is 4.90. The third-order valence-electron chi connectivity index (χ3n) is 6.10. The van der Waals surface area contributed by atoms with Gasteiger partial charge in [-0.2, -0.15) is 13.2 Å². The van der Waals surface area contributed by atoms with E-state index in [9.17, 15) is 23.1 Å². The van der Waals surface area contributed by atoms with Gasteiger partial charge in [0.15, 0.2) is 0 Å². The van der Waals surface area contributed by atoms with E-state index in [4.69, 9.17) is 9.15 Å². The summed E-state index contributed by atoms with van der Waals surface area (Å²) in [6, 6.07) is 8.66. The van der Waals surface area contributed by atoms with Gasteiger partial charge in [-0.3, -0.25) is 9.69 Å². The van der Waals surface area contributed by atoms with E-state index in [1.165, 1.54) is 37.4 Å². The van der Waals surface area contributed by atoms with Gasteiger partial charge in [0.25, 0.3) is 0 Å². The van der Waals surface area contributed by atoms with Crippen LogP contribution in [-0.4, -0.2) is 30.2 Å². The van der Waals surface area contributed by atoms with Gasteiger partial charge >= 0.3 is 6.18 Å². The molecule has 0 spiro atoms. The SMILES string of the molecule is COc1ccccc1-c1c(C(F)(F)F)oc2c(CN3CC(C)CC(C)C3)c(O)ccc2c1=O. The molecule has 0 aliphatic carbocycles. The first-order valence-electron chi connectivity index (χ1n) is 10.8. The minimum atomic E-state index is -4.93. The first kappa shape index (κ1) is 23.2. The molecule has 0 amide bonds. The second-order valence-corrected chi connectivity index (χ2v) is 8.91. The van der Waals surface area contributed by atoms with Crippen LogP contribution in [0.5, 0.6) is 11.5 Å². The third kappa shape index (κ3) is 4.44. The van der Waals surface area contributed by atoms with Crippen LogP contribution in [0.2, 0.25) is 0 Å². The maximum absolute atomic E-state index is 14.1. The summed E-state index contributed by atoms with van der Waals surface area (Å²) < 4.78 is 53.0. The van der Waals surface area contributed by atoms with Gasteiger partial charge in [-0.15, -0.1) is 0 Å². The van der Waals surface area contributed by atoms with Gasteiger partial charge in [0, 0.05) is 25.2 Å². The lowest BCUT2D eigenvalue weighted by molar-refractivity contribution is -0.152. The molecule has 0 saturated carbocycles. The van der Waals surface area contributed by atoms with Crippen molar-refractivity contribution in [1.82, 2.24) is 4.90 Å². The lowest BCUT2D eigenvalue weighted by Gasteiger charge is -2.35. The monoisotopic (exact) mass is 461 g/mol. The van der Waals surface area contributed by atoms with E-state index in [-0.39, 0.29) is 40.1 Å². The Kier molecular flexibility index (Phi) is 6.14. The molecule has 2 unspecified atom stereocenters. The summed E-state index contributed by atoms with van der Waals surface area (Å²) in [5.74, 6) is -0.641. The van der Waals surface area contributed by atoms with Crippen LogP contribution in [0.1, 0.15) is 31.6 Å². The Bertz CT molecular complexity index is 1220. The normalized spacial score (nSPS) is 19.7. The zero-order valence-corrected chi connectivity index (χ0v) is 18.7. The molecule has 1 N–H and O–H groups in total. The van der Waals surface area contributed by atoms with Gasteiger partial charge in [0.2, 0.25) is 11.2 Å². The van der Waals surface area contributed by atoms with Crippen molar-refractivity contribution in [2.24, 2.45) is 11.8 Å². The maximum atomic E-state index is 14.1. The summed E-state index contributed by atoms with van der Waals surface area (Å²) in [6.45, 7) is 5.91. The van der Waals surface area contributed by atoms with E-state index in [1.54, 1.807) is 6.07 Å². The Balaban J connectivity index is 1.96. The van der Waals surface area contributed by atoms with E-state index in [0.717, 1.165) is 19.5 Å². The summed E-state index contributed by atoms with van der Waals surface area (Å²) >= 11 is 0. The molecule has 1 aliphatic rings. The zero-order valence-electron chi connectivity index (χ0n) is 18.7. The second kappa shape index (κ2) is 8.74. The molecule has 1 aromatic heterocycles. The molecule has 5 nitrogen and oxygen atoms in total. The van der Waals surface area contributed by atoms with Crippen LogP contribution in [0.25, 0.3) is 22.1 Å². The first-order valence-corrected chi connectivity index (χ1v) is 10.8. The van der Waals surface area contributed by atoms with E-state index < -0.39 is 22.9 Å². The largest absolute Gasteiger partial charge is 0.507 e. The summed E-state index contributed by atoms with van der Waals surface area (Å²) in [5, 5.41) is 10.5. The molecule has 176 valence electrons. The average molecular weight is 461 g/mol. The topological polar surface area (TPSA) is 62.9 Å². The number of hydrogen-bond donors (Lipinski definition) is 1. The summed E-state index contributed by atoms with van der Waals surface area (Å²) in [4.78, 5) is 15.5. The second-order valence-electron chi connectivity index (χ2n) is 8.91. The van der Waals surface area contributed by atoms with Gasteiger partial charge in [-0.05, 0) is 36.5 Å². The number of methoxy groups -OCH3 is 1. The minimum absolute atomic E-state index is 0.00344. The van der Waals surface area contributed by atoms with Gasteiger partial charge in [-0.1, -0.05) is 32.0 Å². The summed E-state index contributed by atoms with van der Waals surface area (Å²) in [6.07, 6.45) is -3.87. The Morgan fingerprint density at radius 2 is 1.79 bits per heavy atom. The highest BCUT2D eigenvalue weighted by atomic mass is 19.4. The van der Waals surface area contributed by atoms with Crippen molar-refractivity contribution in [3.05, 3.63) is 57.9 Å². The first-order chi connectivity index (χ1) is 15.6. The molecule has 8 heteroatoms. The number of phenols is 1. The molecular weight excluding hydrogens is 435 g/mol. The number of para-hydroxylation sites is 1. The zero-order chi connectivity index (χ0) is 23.9. The predicted octanol–water partition coefficient (Wildman–Crippen LogP) is 5.67. The quantitative estimate of drug-likeness (QED) is 0.542. The lowest BCUT2D eigenvalue weighted by Crippen LogP contribution is -2.38. The van der Waals surface area contributed by atoms with E-state index in [2.05, 4.69) is 18.7 Å². The van der Waals surface area contributed by atoms with Crippen molar-refractivity contribution in [2.75, 3.05) is 20.2 Å². The van der Waals surface area contributed by atoms with Gasteiger partial charge in [0.05, 0.1) is 23.6 Å². The predicted molar refractivity (Wildman–Crippen MR) is 119 cm³/mol. The van der Waals surface area contributed by atoms with Crippen LogP contribution < -0.4 is 10.2 Å². The average Bonchev–Trinajstić information content (AvgIpc) is 2.74. The van der Waals surface area contributed by atoms with Crippen LogP contribution in [0, 0.1) is 11.8 Å². The summed E-state index contributed by atoms with van der Waals surface area (Å²) in [5.41, 5.74) is -1.49. The number of rotatable bonds is 4. The molecule has 0 bridgehead atoms. The van der Waals surface area contributed by atoms with Crippen molar-refractivity contribution in [2.45, 2.75) is 33.0 Å². The fraction of sp³-hybridized carbons (Fsp3) is 0.400. The lowest BCUT2D eigenvalue weighted by atomic mass is 9.91. The van der Waals surface area contributed by atoms with Crippen molar-refractivity contribution in [1.29, 1.82) is 0 Å². The number of ether oxygens (including phenoxy) is 1. The third-order valence-corrected chi connectivity index (χ3v) is 6.10. The minimum Gasteiger partial charge on any atom is -0.507 e. The number of benzene rings is 2. The van der Waals surface area contributed by atoms with Crippen LogP contribution in [0.15, 0.2) is 45.6 Å². The highest BCUT2D eigenvalue weighted by molar-refractivity contribution is 5.87. The number of nitrogens with zero attached hydrogens (tertiary/aromatic N) is 1. The molecular formula is C25H26F3NO4. The van der Waals surface area contributed by atoms with Crippen molar-refractivity contribution < 1.29 is 27.4 Å². The molecule has 1 aliphatic heterocycles. The number of fused-ring (bicyclic) bond motifs is 1. The van der Waals surface area contributed by atoms with Gasteiger partial charge in [0.1, 0.15) is 17.1 Å². The summed E-state index contributed by atoms with van der Waals surface area (Å²) in [7, 11) is 1.32. The molecule has 0 radical (unpaired) electrons. The van der Waals surface area contributed by atoms with Crippen molar-refractivity contribution in [3.63, 3.8) is 0 Å². The van der Waals surface area contributed by atoms with Gasteiger partial charge < -0.3 is 14.3 Å². The van der Waals surface area contributed by atoms with E-state index >= 15 is 0 Å². The number of halogens is 3. The van der Waals surface area contributed by atoms with E-state index in [1.807, 2.05) is 0 Å². The Labute approximate surface area is 189 Å². The molecule has 1 fully saturated rings. The van der Waals surface area contributed by atoms with Crippen LogP contribution in [-0.2, 0) is 12.7 Å². The number of phenolic OH excluding ortho intramolecular Hbond substituents is 1. The van der Waals surface area contributed by atoms with E-state index in [0.29, 0.717) is 11.8 Å². The number of alkyl halides is 3. The molecule has 2 atom stereocenters. The van der Waals surface area contributed by atoms with Crippen molar-refractivity contribution in [3.8, 4) is 22.6 Å². The highest BCUT2D eigenvalue weighted by Gasteiger charge is 2.40. The fourth-order valence-electron chi connectivity index (χ4n) is 4.90. The molecule has 4 rings (SSSR count). The van der Waals surface area contributed by atoms with Crippen LogP contribution in [0.3, 0.4) is 0 Å².